The van der Waals surface area contributed by atoms with Gasteiger partial charge in [0.05, 0.1) is 0 Å². The molecule has 1 aliphatic heterocycles. The Morgan fingerprint density at radius 1 is 1.07 bits per heavy atom. The summed E-state index contributed by atoms with van der Waals surface area (Å²) in [4.78, 5) is 38.3. The monoisotopic (exact) mass is 393 g/mol. The lowest BCUT2D eigenvalue weighted by Crippen LogP contribution is -2.32. The summed E-state index contributed by atoms with van der Waals surface area (Å²) < 4.78 is 0. The van der Waals surface area contributed by atoms with Crippen molar-refractivity contribution >= 4 is 23.4 Å². The number of carbonyl (C=O) groups excluding carboxylic acids is 3. The average molecular weight is 393 g/mol. The van der Waals surface area contributed by atoms with Gasteiger partial charge in [-0.3, -0.25) is 14.4 Å². The Balaban J connectivity index is 1.58. The fourth-order valence-corrected chi connectivity index (χ4v) is 3.23. The molecular weight excluding hydrogens is 366 g/mol. The van der Waals surface area contributed by atoms with E-state index in [-0.39, 0.29) is 23.8 Å². The maximum absolute atomic E-state index is 12.4. The van der Waals surface area contributed by atoms with Crippen molar-refractivity contribution in [3.05, 3.63) is 65.2 Å². The molecule has 2 N–H and O–H groups in total. The van der Waals surface area contributed by atoms with Gasteiger partial charge >= 0.3 is 0 Å². The predicted molar refractivity (Wildman–Crippen MR) is 113 cm³/mol. The fourth-order valence-electron chi connectivity index (χ4n) is 3.23. The fraction of sp³-hybridized carbons (Fsp3) is 0.348. The van der Waals surface area contributed by atoms with Crippen molar-refractivity contribution in [2.75, 3.05) is 11.4 Å². The van der Waals surface area contributed by atoms with E-state index in [0.29, 0.717) is 24.1 Å². The first-order valence-electron chi connectivity index (χ1n) is 10.1. The number of rotatable bonds is 7. The van der Waals surface area contributed by atoms with Gasteiger partial charge in [0, 0.05) is 42.4 Å². The Labute approximate surface area is 171 Å². The van der Waals surface area contributed by atoms with Crippen LogP contribution in [0.5, 0.6) is 0 Å². The second-order valence-electron chi connectivity index (χ2n) is 7.36. The molecule has 1 fully saturated rings. The van der Waals surface area contributed by atoms with Crippen LogP contribution in [-0.4, -0.2) is 30.3 Å². The van der Waals surface area contributed by atoms with E-state index in [1.165, 1.54) is 0 Å². The summed E-state index contributed by atoms with van der Waals surface area (Å²) in [7, 11) is 0. The summed E-state index contributed by atoms with van der Waals surface area (Å²) in [5, 5.41) is 5.82. The van der Waals surface area contributed by atoms with Crippen molar-refractivity contribution in [2.24, 2.45) is 0 Å². The summed E-state index contributed by atoms with van der Waals surface area (Å²) in [6.45, 7) is 5.04. The minimum atomic E-state index is -0.196. The smallest absolute Gasteiger partial charge is 0.251 e. The molecular formula is C23H27N3O3. The van der Waals surface area contributed by atoms with Gasteiger partial charge in [0.25, 0.3) is 11.8 Å². The van der Waals surface area contributed by atoms with Crippen LogP contribution >= 0.6 is 0 Å². The molecule has 6 nitrogen and oxygen atoms in total. The molecule has 29 heavy (non-hydrogen) atoms. The third-order valence-corrected chi connectivity index (χ3v) is 5.15. The Morgan fingerprint density at radius 2 is 1.83 bits per heavy atom. The average Bonchev–Trinajstić information content (AvgIpc) is 3.18. The van der Waals surface area contributed by atoms with E-state index in [4.69, 9.17) is 0 Å². The highest BCUT2D eigenvalue weighted by molar-refractivity contribution is 5.97. The van der Waals surface area contributed by atoms with Crippen molar-refractivity contribution in [3.63, 3.8) is 0 Å². The van der Waals surface area contributed by atoms with Crippen molar-refractivity contribution in [3.8, 4) is 0 Å². The Bertz CT molecular complexity index is 892. The van der Waals surface area contributed by atoms with E-state index in [9.17, 15) is 14.4 Å². The second-order valence-corrected chi connectivity index (χ2v) is 7.36. The third kappa shape index (κ3) is 5.22. The summed E-state index contributed by atoms with van der Waals surface area (Å²) in [5.41, 5.74) is 2.79. The zero-order chi connectivity index (χ0) is 20.8. The standard InChI is InChI=1S/C23H27N3O3/c1-3-16(2)25-23(29)19-7-4-6-17(14-19)15-24-22(28)18-9-11-20(12-10-18)26-13-5-8-21(26)27/h4,6-7,9-12,14,16H,3,5,8,13,15H2,1-2H3,(H,24,28)(H,25,29). The number of nitrogens with zero attached hydrogens (tertiary/aromatic N) is 1. The van der Waals surface area contributed by atoms with Crippen molar-refractivity contribution in [1.29, 1.82) is 0 Å². The molecule has 3 rings (SSSR count). The lowest BCUT2D eigenvalue weighted by Gasteiger charge is -2.16. The minimum Gasteiger partial charge on any atom is -0.350 e. The molecule has 2 aromatic carbocycles. The highest BCUT2D eigenvalue weighted by atomic mass is 16.2. The molecule has 152 valence electrons. The molecule has 1 aliphatic rings. The van der Waals surface area contributed by atoms with Gasteiger partial charge in [-0.1, -0.05) is 19.1 Å². The van der Waals surface area contributed by atoms with Crippen LogP contribution in [0.4, 0.5) is 5.69 Å². The van der Waals surface area contributed by atoms with E-state index in [2.05, 4.69) is 10.6 Å². The van der Waals surface area contributed by atoms with E-state index < -0.39 is 0 Å². The topological polar surface area (TPSA) is 78.5 Å². The van der Waals surface area contributed by atoms with E-state index in [0.717, 1.165) is 30.6 Å². The van der Waals surface area contributed by atoms with Crippen molar-refractivity contribution in [2.45, 2.75) is 45.7 Å². The number of amides is 3. The maximum Gasteiger partial charge on any atom is 0.251 e. The molecule has 6 heteroatoms. The molecule has 1 saturated heterocycles. The molecule has 0 aromatic heterocycles. The SMILES string of the molecule is CCC(C)NC(=O)c1cccc(CNC(=O)c2ccc(N3CCCC3=O)cc2)c1. The minimum absolute atomic E-state index is 0.112. The molecule has 1 atom stereocenters. The van der Waals surface area contributed by atoms with Gasteiger partial charge in [-0.25, -0.2) is 0 Å². The van der Waals surface area contributed by atoms with Crippen LogP contribution in [-0.2, 0) is 11.3 Å². The van der Waals surface area contributed by atoms with Gasteiger partial charge in [-0.05, 0) is 61.7 Å². The largest absolute Gasteiger partial charge is 0.350 e. The van der Waals surface area contributed by atoms with Crippen LogP contribution in [0.3, 0.4) is 0 Å². The van der Waals surface area contributed by atoms with Gasteiger partial charge < -0.3 is 15.5 Å². The summed E-state index contributed by atoms with van der Waals surface area (Å²) >= 11 is 0. The first-order chi connectivity index (χ1) is 14.0. The highest BCUT2D eigenvalue weighted by Gasteiger charge is 2.21. The van der Waals surface area contributed by atoms with Crippen molar-refractivity contribution < 1.29 is 14.4 Å². The lowest BCUT2D eigenvalue weighted by atomic mass is 10.1. The highest BCUT2D eigenvalue weighted by Crippen LogP contribution is 2.21. The van der Waals surface area contributed by atoms with Crippen LogP contribution in [0.2, 0.25) is 0 Å². The lowest BCUT2D eigenvalue weighted by molar-refractivity contribution is -0.117. The Kier molecular flexibility index (Phi) is 6.65. The molecule has 0 radical (unpaired) electrons. The second kappa shape index (κ2) is 9.37. The van der Waals surface area contributed by atoms with Gasteiger partial charge in [0.2, 0.25) is 5.91 Å². The third-order valence-electron chi connectivity index (χ3n) is 5.15. The van der Waals surface area contributed by atoms with Crippen LogP contribution in [0.1, 0.15) is 59.4 Å². The molecule has 1 unspecified atom stereocenters. The van der Waals surface area contributed by atoms with E-state index >= 15 is 0 Å². The van der Waals surface area contributed by atoms with E-state index in [1.807, 2.05) is 26.0 Å². The number of carbonyl (C=O) groups is 3. The quantitative estimate of drug-likeness (QED) is 0.758. The molecule has 0 saturated carbocycles. The molecule has 2 aromatic rings. The summed E-state index contributed by atoms with van der Waals surface area (Å²) in [5.74, 6) is -0.183. The first-order valence-corrected chi connectivity index (χ1v) is 10.1. The Hall–Kier alpha value is -3.15. The molecule has 3 amide bonds. The number of benzene rings is 2. The van der Waals surface area contributed by atoms with Gasteiger partial charge in [0.1, 0.15) is 0 Å². The number of hydrogen-bond acceptors (Lipinski definition) is 3. The molecule has 0 bridgehead atoms. The van der Waals surface area contributed by atoms with Crippen LogP contribution in [0, 0.1) is 0 Å². The van der Waals surface area contributed by atoms with Crippen molar-refractivity contribution in [1.82, 2.24) is 10.6 Å². The number of anilines is 1. The number of nitrogens with one attached hydrogen (secondary N) is 2. The molecule has 0 aliphatic carbocycles. The maximum atomic E-state index is 12.4. The van der Waals surface area contributed by atoms with Gasteiger partial charge in [-0.2, -0.15) is 0 Å². The van der Waals surface area contributed by atoms with E-state index in [1.54, 1.807) is 41.3 Å². The Morgan fingerprint density at radius 3 is 2.48 bits per heavy atom. The molecule has 0 spiro atoms. The van der Waals surface area contributed by atoms with Crippen LogP contribution in [0.15, 0.2) is 48.5 Å². The van der Waals surface area contributed by atoms with Gasteiger partial charge in [0.15, 0.2) is 0 Å². The zero-order valence-corrected chi connectivity index (χ0v) is 16.9. The number of hydrogen-bond donors (Lipinski definition) is 2. The van der Waals surface area contributed by atoms with Gasteiger partial charge in [-0.15, -0.1) is 0 Å². The zero-order valence-electron chi connectivity index (χ0n) is 16.9. The summed E-state index contributed by atoms with van der Waals surface area (Å²) in [6, 6.07) is 14.4. The summed E-state index contributed by atoms with van der Waals surface area (Å²) in [6.07, 6.45) is 2.32. The molecule has 1 heterocycles. The van der Waals surface area contributed by atoms with Crippen LogP contribution in [0.25, 0.3) is 0 Å². The van der Waals surface area contributed by atoms with Crippen LogP contribution < -0.4 is 15.5 Å². The first kappa shape index (κ1) is 20.6. The normalized spacial score (nSPS) is 14.6. The predicted octanol–water partition coefficient (Wildman–Crippen LogP) is 3.27.